The summed E-state index contributed by atoms with van der Waals surface area (Å²) in [6.45, 7) is 4.78. The van der Waals surface area contributed by atoms with Gasteiger partial charge in [-0.2, -0.15) is 4.31 Å². The number of rotatable bonds is 8. The van der Waals surface area contributed by atoms with Crippen LogP contribution in [0.4, 0.5) is 0 Å². The van der Waals surface area contributed by atoms with E-state index in [-0.39, 0.29) is 16.2 Å². The van der Waals surface area contributed by atoms with E-state index in [1.165, 1.54) is 36.5 Å². The first-order valence-electron chi connectivity index (χ1n) is 9.98. The number of hydrogen-bond donors (Lipinski definition) is 1. The quantitative estimate of drug-likeness (QED) is 0.640. The Kier molecular flexibility index (Phi) is 8.45. The fourth-order valence-corrected chi connectivity index (χ4v) is 4.65. The molecule has 29 heavy (non-hydrogen) atoms. The largest absolute Gasteiger partial charge is 0.496 e. The predicted octanol–water partition coefficient (Wildman–Crippen LogP) is 2.33. The molecule has 1 unspecified atom stereocenters. The minimum absolute atomic E-state index is 0.00948. The van der Waals surface area contributed by atoms with Crippen molar-refractivity contribution < 1.29 is 27.5 Å². The van der Waals surface area contributed by atoms with Gasteiger partial charge in [0.05, 0.1) is 12.0 Å². The smallest absolute Gasteiger partial charge is 0.342 e. The van der Waals surface area contributed by atoms with Gasteiger partial charge in [-0.05, 0) is 44.4 Å². The van der Waals surface area contributed by atoms with Gasteiger partial charge >= 0.3 is 5.97 Å². The molecule has 0 radical (unpaired) electrons. The fraction of sp³-hybridized carbons (Fsp3) is 0.600. The molecule has 1 amide bonds. The van der Waals surface area contributed by atoms with E-state index in [0.29, 0.717) is 19.6 Å². The van der Waals surface area contributed by atoms with Crippen molar-refractivity contribution in [1.82, 2.24) is 9.62 Å². The predicted molar refractivity (Wildman–Crippen MR) is 108 cm³/mol. The van der Waals surface area contributed by atoms with E-state index in [1.807, 2.05) is 6.92 Å². The molecule has 1 fully saturated rings. The Hall–Kier alpha value is -2.13. The molecule has 1 aliphatic heterocycles. The number of esters is 1. The van der Waals surface area contributed by atoms with E-state index in [1.54, 1.807) is 0 Å². The van der Waals surface area contributed by atoms with E-state index in [2.05, 4.69) is 5.32 Å². The lowest BCUT2D eigenvalue weighted by atomic mass is 10.2. The number of nitrogens with one attached hydrogen (secondary N) is 1. The molecule has 1 saturated heterocycles. The number of methoxy groups -OCH3 is 1. The molecule has 1 aromatic rings. The van der Waals surface area contributed by atoms with Crippen LogP contribution in [0.5, 0.6) is 5.75 Å². The molecule has 162 valence electrons. The van der Waals surface area contributed by atoms with Crippen LogP contribution in [0.3, 0.4) is 0 Å². The summed E-state index contributed by atoms with van der Waals surface area (Å²) in [7, 11) is -2.35. The van der Waals surface area contributed by atoms with Crippen molar-refractivity contribution >= 4 is 21.9 Å². The van der Waals surface area contributed by atoms with Crippen LogP contribution in [-0.4, -0.2) is 57.4 Å². The number of sulfonamides is 1. The summed E-state index contributed by atoms with van der Waals surface area (Å²) in [4.78, 5) is 24.6. The van der Waals surface area contributed by atoms with Gasteiger partial charge in [-0.3, -0.25) is 4.79 Å². The number of benzene rings is 1. The molecular weight excluding hydrogens is 396 g/mol. The Balaban J connectivity index is 2.25. The average molecular weight is 427 g/mol. The second kappa shape index (κ2) is 10.6. The second-order valence-electron chi connectivity index (χ2n) is 7.02. The third-order valence-corrected chi connectivity index (χ3v) is 6.69. The van der Waals surface area contributed by atoms with Gasteiger partial charge in [-0.15, -0.1) is 0 Å². The Labute approximate surface area is 172 Å². The first-order valence-corrected chi connectivity index (χ1v) is 11.4. The lowest BCUT2D eigenvalue weighted by molar-refractivity contribution is -0.129. The van der Waals surface area contributed by atoms with Crippen LogP contribution in [0.2, 0.25) is 0 Å². The molecular formula is C20H30N2O6S. The summed E-state index contributed by atoms with van der Waals surface area (Å²) in [6.07, 6.45) is 3.39. The zero-order valence-electron chi connectivity index (χ0n) is 17.3. The second-order valence-corrected chi connectivity index (χ2v) is 8.96. The molecule has 9 heteroatoms. The Morgan fingerprint density at radius 3 is 2.41 bits per heavy atom. The van der Waals surface area contributed by atoms with Crippen LogP contribution in [0.15, 0.2) is 23.1 Å². The van der Waals surface area contributed by atoms with Crippen molar-refractivity contribution in [3.8, 4) is 5.75 Å². The molecule has 1 atom stereocenters. The molecule has 1 aliphatic rings. The van der Waals surface area contributed by atoms with E-state index in [0.717, 1.165) is 32.1 Å². The van der Waals surface area contributed by atoms with Crippen molar-refractivity contribution in [3.05, 3.63) is 23.8 Å². The number of carbonyl (C=O) groups excluding carboxylic acids is 2. The molecule has 1 heterocycles. The van der Waals surface area contributed by atoms with E-state index >= 15 is 0 Å². The molecule has 1 aromatic carbocycles. The number of nitrogens with zero attached hydrogens (tertiary/aromatic N) is 1. The molecule has 0 saturated carbocycles. The molecule has 1 N–H and O–H groups in total. The normalized spacial score (nSPS) is 16.5. The maximum atomic E-state index is 13.0. The molecule has 2 rings (SSSR count). The van der Waals surface area contributed by atoms with Crippen LogP contribution in [0.1, 0.15) is 56.3 Å². The Morgan fingerprint density at radius 1 is 1.17 bits per heavy atom. The van der Waals surface area contributed by atoms with Gasteiger partial charge < -0.3 is 14.8 Å². The number of amides is 1. The Bertz CT molecular complexity index is 816. The van der Waals surface area contributed by atoms with Crippen molar-refractivity contribution in [3.63, 3.8) is 0 Å². The third-order valence-electron chi connectivity index (χ3n) is 4.80. The van der Waals surface area contributed by atoms with Crippen LogP contribution in [-0.2, 0) is 19.6 Å². The van der Waals surface area contributed by atoms with Crippen LogP contribution >= 0.6 is 0 Å². The van der Waals surface area contributed by atoms with E-state index in [9.17, 15) is 18.0 Å². The highest BCUT2D eigenvalue weighted by Crippen LogP contribution is 2.27. The molecule has 0 aromatic heterocycles. The lowest BCUT2D eigenvalue weighted by Gasteiger charge is -2.21. The summed E-state index contributed by atoms with van der Waals surface area (Å²) < 4.78 is 37.9. The number of hydrogen-bond acceptors (Lipinski definition) is 6. The summed E-state index contributed by atoms with van der Waals surface area (Å²) >= 11 is 0. The van der Waals surface area contributed by atoms with Crippen molar-refractivity contribution in [2.45, 2.75) is 57.0 Å². The maximum absolute atomic E-state index is 13.0. The topological polar surface area (TPSA) is 102 Å². The van der Waals surface area contributed by atoms with Gasteiger partial charge in [0.25, 0.3) is 5.91 Å². The van der Waals surface area contributed by atoms with Gasteiger partial charge in [0.15, 0.2) is 6.10 Å². The highest BCUT2D eigenvalue weighted by atomic mass is 32.2. The first kappa shape index (κ1) is 23.2. The summed E-state index contributed by atoms with van der Waals surface area (Å²) in [6, 6.07) is 4.12. The fourth-order valence-electron chi connectivity index (χ4n) is 3.11. The monoisotopic (exact) mass is 426 g/mol. The van der Waals surface area contributed by atoms with Crippen LogP contribution < -0.4 is 10.1 Å². The van der Waals surface area contributed by atoms with Crippen LogP contribution in [0.25, 0.3) is 0 Å². The Morgan fingerprint density at radius 2 is 1.83 bits per heavy atom. The van der Waals surface area contributed by atoms with Gasteiger partial charge in [-0.1, -0.05) is 19.8 Å². The van der Waals surface area contributed by atoms with Gasteiger partial charge in [0.1, 0.15) is 11.3 Å². The van der Waals surface area contributed by atoms with Gasteiger partial charge in [-0.25, -0.2) is 13.2 Å². The average Bonchev–Trinajstić information content (AvgIpc) is 3.01. The van der Waals surface area contributed by atoms with Gasteiger partial charge in [0, 0.05) is 19.6 Å². The SMILES string of the molecule is CCCNC(=O)C(C)OC(=O)c1cc(S(=O)(=O)N2CCCCCC2)ccc1OC. The first-order chi connectivity index (χ1) is 13.8. The minimum Gasteiger partial charge on any atom is -0.496 e. The summed E-state index contributed by atoms with van der Waals surface area (Å²) in [5, 5.41) is 2.65. The maximum Gasteiger partial charge on any atom is 0.342 e. The van der Waals surface area contributed by atoms with E-state index < -0.39 is 28.0 Å². The zero-order chi connectivity index (χ0) is 21.4. The lowest BCUT2D eigenvalue weighted by Crippen LogP contribution is -2.36. The standard InChI is InChI=1S/C20H30N2O6S/c1-4-11-21-19(23)15(2)28-20(24)17-14-16(9-10-18(17)27-3)29(25,26)22-12-7-5-6-8-13-22/h9-10,14-15H,4-8,11-13H2,1-3H3,(H,21,23). The summed E-state index contributed by atoms with van der Waals surface area (Å²) in [5.41, 5.74) is -0.0291. The van der Waals surface area contributed by atoms with Crippen LogP contribution in [0, 0.1) is 0 Å². The molecule has 0 spiro atoms. The number of carbonyl (C=O) groups is 2. The highest BCUT2D eigenvalue weighted by Gasteiger charge is 2.28. The van der Waals surface area contributed by atoms with Crippen molar-refractivity contribution in [1.29, 1.82) is 0 Å². The van der Waals surface area contributed by atoms with E-state index in [4.69, 9.17) is 9.47 Å². The van der Waals surface area contributed by atoms with Gasteiger partial charge in [0.2, 0.25) is 10.0 Å². The highest BCUT2D eigenvalue weighted by molar-refractivity contribution is 7.89. The molecule has 8 nitrogen and oxygen atoms in total. The third kappa shape index (κ3) is 5.93. The van der Waals surface area contributed by atoms with Crippen molar-refractivity contribution in [2.24, 2.45) is 0 Å². The minimum atomic E-state index is -3.73. The van der Waals surface area contributed by atoms with Crippen molar-refractivity contribution in [2.75, 3.05) is 26.7 Å². The summed E-state index contributed by atoms with van der Waals surface area (Å²) in [5.74, 6) is -1.03. The zero-order valence-corrected chi connectivity index (χ0v) is 18.1. The molecule has 0 aliphatic carbocycles. The number of ether oxygens (including phenoxy) is 2. The molecule has 0 bridgehead atoms.